The molecular weight excluding hydrogens is 364 g/mol. The van der Waals surface area contributed by atoms with Crippen LogP contribution in [0.5, 0.6) is 0 Å². The molecule has 0 amide bonds. The zero-order chi connectivity index (χ0) is 19.9. The average Bonchev–Trinajstić information content (AvgIpc) is 3.07. The third-order valence-corrected chi connectivity index (χ3v) is 5.95. The Hall–Kier alpha value is -2.40. The predicted molar refractivity (Wildman–Crippen MR) is 122 cm³/mol. The number of hydrogen-bond acceptors (Lipinski definition) is 5. The first-order valence-electron chi connectivity index (χ1n) is 10.1. The van der Waals surface area contributed by atoms with Crippen molar-refractivity contribution in [2.45, 2.75) is 47.0 Å². The van der Waals surface area contributed by atoms with Gasteiger partial charge < -0.3 is 10.2 Å². The Morgan fingerprint density at radius 3 is 2.61 bits per heavy atom. The summed E-state index contributed by atoms with van der Waals surface area (Å²) in [5, 5.41) is 4.70. The summed E-state index contributed by atoms with van der Waals surface area (Å²) < 4.78 is 0. The summed E-state index contributed by atoms with van der Waals surface area (Å²) >= 11 is 1.85. The zero-order valence-corrected chi connectivity index (χ0v) is 18.1. The molecule has 0 fully saturated rings. The van der Waals surface area contributed by atoms with Crippen molar-refractivity contribution in [1.29, 1.82) is 0 Å². The highest BCUT2D eigenvalue weighted by Crippen LogP contribution is 2.37. The molecule has 3 aromatic rings. The average molecular weight is 395 g/mol. The van der Waals surface area contributed by atoms with Crippen LogP contribution in [-0.2, 0) is 0 Å². The molecular formula is C23H30N4S. The summed E-state index contributed by atoms with van der Waals surface area (Å²) in [5.41, 5.74) is 3.52. The highest BCUT2D eigenvalue weighted by Gasteiger charge is 2.14. The van der Waals surface area contributed by atoms with Crippen molar-refractivity contribution < 1.29 is 0 Å². The molecule has 0 radical (unpaired) electrons. The maximum atomic E-state index is 4.83. The van der Waals surface area contributed by atoms with Gasteiger partial charge in [0.05, 0.1) is 15.6 Å². The number of unbranched alkanes of at least 4 members (excludes halogenated alkanes) is 1. The number of aryl methyl sites for hydroxylation is 2. The lowest BCUT2D eigenvalue weighted by Gasteiger charge is -2.23. The van der Waals surface area contributed by atoms with Crippen LogP contribution in [0.4, 0.5) is 16.6 Å². The van der Waals surface area contributed by atoms with Crippen LogP contribution in [0.25, 0.3) is 10.6 Å². The minimum absolute atomic E-state index is 0.819. The van der Waals surface area contributed by atoms with Crippen LogP contribution in [0.1, 0.15) is 44.2 Å². The Balaban J connectivity index is 1.83. The van der Waals surface area contributed by atoms with Crippen molar-refractivity contribution in [3.8, 4) is 10.6 Å². The van der Waals surface area contributed by atoms with E-state index in [0.29, 0.717) is 0 Å². The normalized spacial score (nSPS) is 10.9. The van der Waals surface area contributed by atoms with E-state index in [-0.39, 0.29) is 0 Å². The van der Waals surface area contributed by atoms with E-state index in [1.54, 1.807) is 0 Å². The number of nitrogens with zero attached hydrogens (tertiary/aromatic N) is 3. The van der Waals surface area contributed by atoms with E-state index >= 15 is 0 Å². The quantitative estimate of drug-likeness (QED) is 0.445. The largest absolute Gasteiger partial charge is 0.363 e. The van der Waals surface area contributed by atoms with E-state index < -0.39 is 0 Å². The first-order valence-corrected chi connectivity index (χ1v) is 10.9. The van der Waals surface area contributed by atoms with E-state index in [1.165, 1.54) is 33.8 Å². The maximum absolute atomic E-state index is 4.83. The first kappa shape index (κ1) is 20.3. The summed E-state index contributed by atoms with van der Waals surface area (Å²) in [6.45, 7) is 11.0. The van der Waals surface area contributed by atoms with Crippen LogP contribution in [0, 0.1) is 13.8 Å². The molecule has 1 N–H and O–H groups in total. The van der Waals surface area contributed by atoms with Crippen LogP contribution < -0.4 is 10.2 Å². The van der Waals surface area contributed by atoms with Crippen molar-refractivity contribution in [2.24, 2.45) is 0 Å². The number of hydrogen-bond donors (Lipinski definition) is 1. The second-order valence-corrected chi connectivity index (χ2v) is 8.22. The van der Waals surface area contributed by atoms with E-state index in [4.69, 9.17) is 4.98 Å². The number of thiophene rings is 1. The maximum Gasteiger partial charge on any atom is 0.132 e. The molecule has 148 valence electrons. The van der Waals surface area contributed by atoms with Crippen molar-refractivity contribution in [3.63, 3.8) is 0 Å². The Morgan fingerprint density at radius 2 is 1.86 bits per heavy atom. The second kappa shape index (κ2) is 9.69. The van der Waals surface area contributed by atoms with Gasteiger partial charge >= 0.3 is 0 Å². The zero-order valence-electron chi connectivity index (χ0n) is 17.3. The fourth-order valence-electron chi connectivity index (χ4n) is 3.22. The molecule has 3 rings (SSSR count). The number of pyridine rings is 2. The SMILES string of the molecule is CCCCN(CCC)c1sc(-c2cccc(Nc3cc(C)ccn3)n2)cc1C. The third-order valence-electron chi connectivity index (χ3n) is 4.63. The molecule has 4 nitrogen and oxygen atoms in total. The molecule has 0 bridgehead atoms. The molecule has 0 atom stereocenters. The van der Waals surface area contributed by atoms with Gasteiger partial charge in [0, 0.05) is 19.3 Å². The van der Waals surface area contributed by atoms with Gasteiger partial charge in [-0.05, 0) is 68.1 Å². The van der Waals surface area contributed by atoms with Crippen LogP contribution >= 0.6 is 11.3 Å². The van der Waals surface area contributed by atoms with Gasteiger partial charge in [0.2, 0.25) is 0 Å². The van der Waals surface area contributed by atoms with Gasteiger partial charge in [-0.15, -0.1) is 11.3 Å². The van der Waals surface area contributed by atoms with Gasteiger partial charge in [-0.1, -0.05) is 26.3 Å². The van der Waals surface area contributed by atoms with Crippen molar-refractivity contribution >= 4 is 28.0 Å². The van der Waals surface area contributed by atoms with Crippen molar-refractivity contribution in [3.05, 3.63) is 53.7 Å². The molecule has 0 saturated heterocycles. The molecule has 3 heterocycles. The minimum Gasteiger partial charge on any atom is -0.363 e. The lowest BCUT2D eigenvalue weighted by atomic mass is 10.2. The molecule has 28 heavy (non-hydrogen) atoms. The van der Waals surface area contributed by atoms with Crippen molar-refractivity contribution in [1.82, 2.24) is 9.97 Å². The third kappa shape index (κ3) is 5.10. The van der Waals surface area contributed by atoms with E-state index in [1.807, 2.05) is 35.7 Å². The van der Waals surface area contributed by atoms with Gasteiger partial charge in [0.25, 0.3) is 0 Å². The lowest BCUT2D eigenvalue weighted by molar-refractivity contribution is 0.707. The molecule has 0 unspecified atom stereocenters. The Kier molecular flexibility index (Phi) is 7.04. The molecule has 0 aliphatic carbocycles. The number of nitrogens with one attached hydrogen (secondary N) is 1. The van der Waals surface area contributed by atoms with Crippen molar-refractivity contribution in [2.75, 3.05) is 23.3 Å². The van der Waals surface area contributed by atoms with Gasteiger partial charge in [0.1, 0.15) is 11.6 Å². The van der Waals surface area contributed by atoms with Gasteiger partial charge in [-0.3, -0.25) is 0 Å². The Labute approximate surface area is 172 Å². The molecule has 0 aliphatic rings. The number of rotatable bonds is 9. The molecule has 5 heteroatoms. The molecule has 0 aromatic carbocycles. The Bertz CT molecular complexity index is 903. The second-order valence-electron chi connectivity index (χ2n) is 7.19. The number of aromatic nitrogens is 2. The van der Waals surface area contributed by atoms with Crippen LogP contribution in [-0.4, -0.2) is 23.1 Å². The predicted octanol–water partition coefficient (Wildman–Crippen LogP) is 6.58. The molecule has 0 saturated carbocycles. The first-order chi connectivity index (χ1) is 13.6. The van der Waals surface area contributed by atoms with Gasteiger partial charge in [0.15, 0.2) is 0 Å². The summed E-state index contributed by atoms with van der Waals surface area (Å²) in [6, 6.07) is 12.4. The summed E-state index contributed by atoms with van der Waals surface area (Å²) in [4.78, 5) is 13.0. The highest BCUT2D eigenvalue weighted by atomic mass is 32.1. The summed E-state index contributed by atoms with van der Waals surface area (Å²) in [5.74, 6) is 1.64. The Morgan fingerprint density at radius 1 is 1.00 bits per heavy atom. The standard InChI is InChI=1S/C23H30N4S/c1-5-7-14-27(13-6-2)23-18(4)16-20(28-23)19-9-8-10-21(25-19)26-22-15-17(3)11-12-24-22/h8-12,15-16H,5-7,13-14H2,1-4H3,(H,24,25,26). The molecule has 0 spiro atoms. The lowest BCUT2D eigenvalue weighted by Crippen LogP contribution is -2.24. The smallest absolute Gasteiger partial charge is 0.132 e. The van der Waals surface area contributed by atoms with Crippen LogP contribution in [0.3, 0.4) is 0 Å². The fourth-order valence-corrected chi connectivity index (χ4v) is 4.42. The van der Waals surface area contributed by atoms with Gasteiger partial charge in [-0.25, -0.2) is 9.97 Å². The van der Waals surface area contributed by atoms with E-state index in [2.05, 4.69) is 61.1 Å². The molecule has 3 aromatic heterocycles. The van der Waals surface area contributed by atoms with E-state index in [9.17, 15) is 0 Å². The van der Waals surface area contributed by atoms with Crippen LogP contribution in [0.2, 0.25) is 0 Å². The molecule has 0 aliphatic heterocycles. The topological polar surface area (TPSA) is 41.0 Å². The monoisotopic (exact) mass is 394 g/mol. The summed E-state index contributed by atoms with van der Waals surface area (Å²) in [7, 11) is 0. The summed E-state index contributed by atoms with van der Waals surface area (Å²) in [6.07, 6.45) is 5.43. The highest BCUT2D eigenvalue weighted by molar-refractivity contribution is 7.19. The number of anilines is 3. The minimum atomic E-state index is 0.819. The van der Waals surface area contributed by atoms with Gasteiger partial charge in [-0.2, -0.15) is 0 Å². The van der Waals surface area contributed by atoms with Crippen LogP contribution in [0.15, 0.2) is 42.6 Å². The fraction of sp³-hybridized carbons (Fsp3) is 0.391. The van der Waals surface area contributed by atoms with E-state index in [0.717, 1.165) is 36.8 Å².